The maximum absolute atomic E-state index is 13.0. The van der Waals surface area contributed by atoms with Crippen LogP contribution in [-0.4, -0.2) is 59.0 Å². The molecule has 12 heteroatoms. The molecule has 1 heterocycles. The van der Waals surface area contributed by atoms with Gasteiger partial charge < -0.3 is 20.5 Å². The second kappa shape index (κ2) is 12.6. The topological polar surface area (TPSA) is 169 Å². The van der Waals surface area contributed by atoms with Crippen molar-refractivity contribution in [1.29, 1.82) is 0 Å². The lowest BCUT2D eigenvalue weighted by Crippen LogP contribution is -2.56. The van der Waals surface area contributed by atoms with E-state index in [2.05, 4.69) is 16.2 Å². The van der Waals surface area contributed by atoms with Crippen LogP contribution >= 0.6 is 0 Å². The maximum atomic E-state index is 13.0. The van der Waals surface area contributed by atoms with E-state index in [1.165, 1.54) is 4.90 Å². The van der Waals surface area contributed by atoms with Crippen LogP contribution in [0.15, 0.2) is 30.3 Å². The Balaban J connectivity index is 1.97. The highest BCUT2D eigenvalue weighted by Crippen LogP contribution is 2.19. The zero-order chi connectivity index (χ0) is 26.0. The van der Waals surface area contributed by atoms with E-state index < -0.39 is 47.6 Å². The molecule has 1 fully saturated rings. The molecular formula is C23H33N5O7. The Hall–Kier alpha value is -3.83. The van der Waals surface area contributed by atoms with Gasteiger partial charge >= 0.3 is 12.2 Å². The minimum Gasteiger partial charge on any atom is -0.445 e. The molecule has 0 unspecified atom stereocenters. The van der Waals surface area contributed by atoms with Gasteiger partial charge in [-0.3, -0.25) is 24.7 Å². The molecule has 0 saturated carbocycles. The van der Waals surface area contributed by atoms with Crippen LogP contribution in [0.1, 0.15) is 52.0 Å². The molecular weight excluding hydrogens is 458 g/mol. The van der Waals surface area contributed by atoms with Crippen molar-refractivity contribution in [2.75, 3.05) is 6.54 Å². The lowest BCUT2D eigenvalue weighted by atomic mass is 10.1. The Kier molecular flexibility index (Phi) is 9.86. The summed E-state index contributed by atoms with van der Waals surface area (Å²) >= 11 is 0. The molecule has 1 aromatic rings. The second-order valence-electron chi connectivity index (χ2n) is 9.07. The third-order valence-electron chi connectivity index (χ3n) is 4.99. The van der Waals surface area contributed by atoms with Crippen molar-refractivity contribution in [3.63, 3.8) is 0 Å². The van der Waals surface area contributed by atoms with Crippen LogP contribution < -0.4 is 21.9 Å². The number of primary amides is 1. The predicted octanol–water partition coefficient (Wildman–Crippen LogP) is 1.09. The lowest BCUT2D eigenvalue weighted by molar-refractivity contribution is -0.132. The number of benzene rings is 1. The van der Waals surface area contributed by atoms with E-state index >= 15 is 0 Å². The highest BCUT2D eigenvalue weighted by Gasteiger charge is 2.37. The van der Waals surface area contributed by atoms with E-state index in [-0.39, 0.29) is 19.4 Å². The number of hydrogen-bond acceptors (Lipinski definition) is 7. The number of nitrogens with zero attached hydrogens (tertiary/aromatic N) is 1. The Morgan fingerprint density at radius 3 is 2.43 bits per heavy atom. The van der Waals surface area contributed by atoms with E-state index in [9.17, 15) is 24.0 Å². The van der Waals surface area contributed by atoms with Crippen molar-refractivity contribution < 1.29 is 33.4 Å². The number of rotatable bonds is 8. The standard InChI is InChI=1S/C23H33N5O7/c1-23(2,3)35-21(32)27-26-19(30)16(11-12-18(24)29)25-20(31)17-10-7-13-28(17)22(33)34-14-15-8-5-4-6-9-15/h4-6,8-9,16-17H,7,10-14H2,1-3H3,(H2,24,29)(H,25,31)(H,26,30)(H,27,32)/t16-,17-/m0/s1. The predicted molar refractivity (Wildman–Crippen MR) is 124 cm³/mol. The minimum absolute atomic E-state index is 0.0600. The van der Waals surface area contributed by atoms with Gasteiger partial charge in [-0.15, -0.1) is 0 Å². The van der Waals surface area contributed by atoms with Gasteiger partial charge in [-0.1, -0.05) is 30.3 Å². The monoisotopic (exact) mass is 491 g/mol. The number of hydrazine groups is 1. The zero-order valence-corrected chi connectivity index (χ0v) is 20.2. The molecule has 0 spiro atoms. The molecule has 1 aliphatic rings. The molecule has 2 rings (SSSR count). The van der Waals surface area contributed by atoms with Gasteiger partial charge in [-0.05, 0) is 45.6 Å². The van der Waals surface area contributed by atoms with E-state index in [0.717, 1.165) is 5.56 Å². The molecule has 0 radical (unpaired) electrons. The normalized spacial score (nSPS) is 16.1. The molecule has 5 amide bonds. The first-order chi connectivity index (χ1) is 16.5. The van der Waals surface area contributed by atoms with Crippen LogP contribution in [-0.2, 0) is 30.5 Å². The van der Waals surface area contributed by atoms with Gasteiger partial charge in [0, 0.05) is 13.0 Å². The lowest BCUT2D eigenvalue weighted by Gasteiger charge is -2.26. The molecule has 35 heavy (non-hydrogen) atoms. The Labute approximate surface area is 203 Å². The summed E-state index contributed by atoms with van der Waals surface area (Å²) in [5.74, 6) is -2.02. The van der Waals surface area contributed by atoms with E-state index in [1.807, 2.05) is 30.3 Å². The largest absolute Gasteiger partial charge is 0.445 e. The second-order valence-corrected chi connectivity index (χ2v) is 9.07. The molecule has 5 N–H and O–H groups in total. The summed E-state index contributed by atoms with van der Waals surface area (Å²) < 4.78 is 10.4. The molecule has 12 nitrogen and oxygen atoms in total. The fourth-order valence-corrected chi connectivity index (χ4v) is 3.39. The smallest absolute Gasteiger partial charge is 0.426 e. The van der Waals surface area contributed by atoms with Crippen LogP contribution in [0.5, 0.6) is 0 Å². The maximum Gasteiger partial charge on any atom is 0.426 e. The first-order valence-electron chi connectivity index (χ1n) is 11.3. The molecule has 0 bridgehead atoms. The fraction of sp³-hybridized carbons (Fsp3) is 0.522. The van der Waals surface area contributed by atoms with Crippen molar-refractivity contribution in [2.24, 2.45) is 5.73 Å². The highest BCUT2D eigenvalue weighted by molar-refractivity contribution is 5.92. The van der Waals surface area contributed by atoms with E-state index in [1.54, 1.807) is 20.8 Å². The molecule has 1 aliphatic heterocycles. The third-order valence-corrected chi connectivity index (χ3v) is 4.99. The van der Waals surface area contributed by atoms with Crippen LogP contribution in [0, 0.1) is 0 Å². The van der Waals surface area contributed by atoms with Crippen LogP contribution in [0.25, 0.3) is 0 Å². The van der Waals surface area contributed by atoms with Crippen molar-refractivity contribution in [3.05, 3.63) is 35.9 Å². The number of nitrogens with one attached hydrogen (secondary N) is 3. The molecule has 0 aromatic heterocycles. The molecule has 1 saturated heterocycles. The summed E-state index contributed by atoms with van der Waals surface area (Å²) in [6, 6.07) is 7.09. The molecule has 192 valence electrons. The van der Waals surface area contributed by atoms with Gasteiger partial charge in [-0.2, -0.15) is 0 Å². The summed E-state index contributed by atoms with van der Waals surface area (Å²) in [6.45, 7) is 5.35. The summed E-state index contributed by atoms with van der Waals surface area (Å²) in [7, 11) is 0. The van der Waals surface area contributed by atoms with Gasteiger partial charge in [0.15, 0.2) is 0 Å². The zero-order valence-electron chi connectivity index (χ0n) is 20.2. The highest BCUT2D eigenvalue weighted by atomic mass is 16.6. The first kappa shape index (κ1) is 27.4. The number of nitrogens with two attached hydrogens (primary N) is 1. The number of ether oxygens (including phenoxy) is 2. The number of carbonyl (C=O) groups excluding carboxylic acids is 5. The number of hydrogen-bond donors (Lipinski definition) is 4. The third kappa shape index (κ3) is 9.51. The van der Waals surface area contributed by atoms with Crippen LogP contribution in [0.3, 0.4) is 0 Å². The van der Waals surface area contributed by atoms with Crippen LogP contribution in [0.4, 0.5) is 9.59 Å². The number of likely N-dealkylation sites (tertiary alicyclic amines) is 1. The molecule has 1 aromatic carbocycles. The average Bonchev–Trinajstić information content (AvgIpc) is 3.28. The number of amides is 5. The van der Waals surface area contributed by atoms with Crippen molar-refractivity contribution in [1.82, 2.24) is 21.1 Å². The molecule has 2 atom stereocenters. The average molecular weight is 492 g/mol. The van der Waals surface area contributed by atoms with Gasteiger partial charge in [0.25, 0.3) is 5.91 Å². The first-order valence-corrected chi connectivity index (χ1v) is 11.3. The fourth-order valence-electron chi connectivity index (χ4n) is 3.39. The minimum atomic E-state index is -1.19. The Bertz CT molecular complexity index is 917. The SMILES string of the molecule is CC(C)(C)OC(=O)NNC(=O)[C@H](CCC(N)=O)NC(=O)[C@@H]1CCCN1C(=O)OCc1ccccc1. The van der Waals surface area contributed by atoms with E-state index in [0.29, 0.717) is 19.4 Å². The Morgan fingerprint density at radius 1 is 1.11 bits per heavy atom. The Morgan fingerprint density at radius 2 is 1.80 bits per heavy atom. The summed E-state index contributed by atoms with van der Waals surface area (Å²) in [5, 5.41) is 2.54. The van der Waals surface area contributed by atoms with Crippen molar-refractivity contribution >= 4 is 29.9 Å². The van der Waals surface area contributed by atoms with Crippen molar-refractivity contribution in [3.8, 4) is 0 Å². The summed E-state index contributed by atoms with van der Waals surface area (Å²) in [6.07, 6.45) is -0.860. The van der Waals surface area contributed by atoms with Crippen LogP contribution in [0.2, 0.25) is 0 Å². The van der Waals surface area contributed by atoms with Gasteiger partial charge in [0.1, 0.15) is 24.3 Å². The van der Waals surface area contributed by atoms with E-state index in [4.69, 9.17) is 15.2 Å². The van der Waals surface area contributed by atoms with Crippen molar-refractivity contribution in [2.45, 2.75) is 70.7 Å². The van der Waals surface area contributed by atoms with Gasteiger partial charge in [-0.25, -0.2) is 15.0 Å². The van der Waals surface area contributed by atoms with Gasteiger partial charge in [0.2, 0.25) is 11.8 Å². The van der Waals surface area contributed by atoms with Gasteiger partial charge in [0.05, 0.1) is 0 Å². The summed E-state index contributed by atoms with van der Waals surface area (Å²) in [5.41, 5.74) is 9.47. The number of carbonyl (C=O) groups is 5. The molecule has 0 aliphatic carbocycles. The quantitative estimate of drug-likeness (QED) is 0.395. The summed E-state index contributed by atoms with van der Waals surface area (Å²) in [4.78, 5) is 62.5.